The molecule has 1 heterocycles. The highest BCUT2D eigenvalue weighted by atomic mass is 16.2. The average Bonchev–Trinajstić information content (AvgIpc) is 2.38. The number of imide groups is 1. The van der Waals surface area contributed by atoms with Crippen LogP contribution < -0.4 is 10.6 Å². The molecule has 1 unspecified atom stereocenters. The number of hydrogen-bond acceptors (Lipinski definition) is 3. The standard InChI is InChI=1S/C15H19N3O3/c1-15(2,3)18-9-11(13(20)17-14(18)21)12(19)16-10-7-5-4-6-8-10/h4-8,11H,9H2,1-3H3,(H,16,19)(H,17,20,21). The van der Waals surface area contributed by atoms with Gasteiger partial charge >= 0.3 is 6.03 Å². The summed E-state index contributed by atoms with van der Waals surface area (Å²) in [7, 11) is 0. The van der Waals surface area contributed by atoms with Crippen LogP contribution in [0.3, 0.4) is 0 Å². The Hall–Kier alpha value is -2.37. The van der Waals surface area contributed by atoms with Crippen molar-refractivity contribution in [3.05, 3.63) is 30.3 Å². The van der Waals surface area contributed by atoms with Gasteiger partial charge in [-0.25, -0.2) is 4.79 Å². The van der Waals surface area contributed by atoms with E-state index in [0.29, 0.717) is 5.69 Å². The lowest BCUT2D eigenvalue weighted by atomic mass is 9.99. The SMILES string of the molecule is CC(C)(C)N1CC(C(=O)Nc2ccccc2)C(=O)NC1=O. The molecule has 0 radical (unpaired) electrons. The predicted molar refractivity (Wildman–Crippen MR) is 78.6 cm³/mol. The Labute approximate surface area is 123 Å². The number of para-hydroxylation sites is 1. The third kappa shape index (κ3) is 3.39. The fourth-order valence-electron chi connectivity index (χ4n) is 2.14. The van der Waals surface area contributed by atoms with Crippen LogP contribution in [0.25, 0.3) is 0 Å². The second-order valence-corrected chi connectivity index (χ2v) is 5.98. The zero-order valence-electron chi connectivity index (χ0n) is 12.3. The normalized spacial score (nSPS) is 19.2. The molecule has 0 saturated carbocycles. The van der Waals surface area contributed by atoms with Gasteiger partial charge in [0.05, 0.1) is 0 Å². The molecule has 1 fully saturated rings. The molecule has 1 aliphatic heterocycles. The molecule has 1 saturated heterocycles. The summed E-state index contributed by atoms with van der Waals surface area (Å²) in [6.07, 6.45) is 0. The summed E-state index contributed by atoms with van der Waals surface area (Å²) in [6.45, 7) is 5.64. The first-order valence-electron chi connectivity index (χ1n) is 6.77. The van der Waals surface area contributed by atoms with E-state index < -0.39 is 29.3 Å². The summed E-state index contributed by atoms with van der Waals surface area (Å²) >= 11 is 0. The van der Waals surface area contributed by atoms with E-state index in [1.165, 1.54) is 4.90 Å². The molecule has 2 N–H and O–H groups in total. The number of nitrogens with one attached hydrogen (secondary N) is 2. The molecule has 1 aromatic carbocycles. The van der Waals surface area contributed by atoms with Crippen LogP contribution in [0, 0.1) is 5.92 Å². The van der Waals surface area contributed by atoms with Crippen molar-refractivity contribution < 1.29 is 14.4 Å². The van der Waals surface area contributed by atoms with E-state index in [4.69, 9.17) is 0 Å². The first-order chi connectivity index (χ1) is 9.79. The molecule has 112 valence electrons. The maximum absolute atomic E-state index is 12.2. The Morgan fingerprint density at radius 1 is 1.24 bits per heavy atom. The van der Waals surface area contributed by atoms with E-state index in [9.17, 15) is 14.4 Å². The molecule has 4 amide bonds. The van der Waals surface area contributed by atoms with Crippen LogP contribution >= 0.6 is 0 Å². The molecule has 6 heteroatoms. The Morgan fingerprint density at radius 3 is 2.43 bits per heavy atom. The van der Waals surface area contributed by atoms with Crippen molar-refractivity contribution in [1.29, 1.82) is 0 Å². The fraction of sp³-hybridized carbons (Fsp3) is 0.400. The van der Waals surface area contributed by atoms with Gasteiger partial charge in [-0.05, 0) is 32.9 Å². The van der Waals surface area contributed by atoms with E-state index in [-0.39, 0.29) is 6.54 Å². The Balaban J connectivity index is 2.13. The molecule has 0 bridgehead atoms. The molecule has 1 aromatic rings. The van der Waals surface area contributed by atoms with Crippen LogP contribution in [0.4, 0.5) is 10.5 Å². The third-order valence-corrected chi connectivity index (χ3v) is 3.32. The van der Waals surface area contributed by atoms with Gasteiger partial charge in [0.2, 0.25) is 11.8 Å². The molecule has 0 aromatic heterocycles. The molecule has 21 heavy (non-hydrogen) atoms. The third-order valence-electron chi connectivity index (χ3n) is 3.32. The zero-order chi connectivity index (χ0) is 15.6. The second kappa shape index (κ2) is 5.55. The Bertz CT molecular complexity index is 563. The number of amides is 4. The average molecular weight is 289 g/mol. The van der Waals surface area contributed by atoms with E-state index >= 15 is 0 Å². The topological polar surface area (TPSA) is 78.5 Å². The van der Waals surface area contributed by atoms with Crippen LogP contribution in [0.1, 0.15) is 20.8 Å². The summed E-state index contributed by atoms with van der Waals surface area (Å²) in [6, 6.07) is 8.44. The number of carbonyl (C=O) groups is 3. The van der Waals surface area contributed by atoms with Crippen LogP contribution in [0.2, 0.25) is 0 Å². The summed E-state index contributed by atoms with van der Waals surface area (Å²) < 4.78 is 0. The van der Waals surface area contributed by atoms with Crippen molar-refractivity contribution in [2.75, 3.05) is 11.9 Å². The minimum atomic E-state index is -0.915. The van der Waals surface area contributed by atoms with E-state index in [1.54, 1.807) is 24.3 Å². The largest absolute Gasteiger partial charge is 0.325 e. The second-order valence-electron chi connectivity index (χ2n) is 5.98. The van der Waals surface area contributed by atoms with Crippen molar-refractivity contribution in [1.82, 2.24) is 10.2 Å². The molecule has 0 aliphatic carbocycles. The summed E-state index contributed by atoms with van der Waals surface area (Å²) in [5.41, 5.74) is 0.158. The lowest BCUT2D eigenvalue weighted by Gasteiger charge is -2.40. The maximum atomic E-state index is 12.2. The lowest BCUT2D eigenvalue weighted by molar-refractivity contribution is -0.134. The van der Waals surface area contributed by atoms with E-state index in [2.05, 4.69) is 10.6 Å². The molecule has 0 spiro atoms. The van der Waals surface area contributed by atoms with Gasteiger partial charge in [0.1, 0.15) is 5.92 Å². The number of carbonyl (C=O) groups excluding carboxylic acids is 3. The van der Waals surface area contributed by atoms with Gasteiger partial charge in [-0.15, -0.1) is 0 Å². The Kier molecular flexibility index (Phi) is 3.97. The molecular formula is C15H19N3O3. The van der Waals surface area contributed by atoms with Gasteiger partial charge in [-0.2, -0.15) is 0 Å². The molecular weight excluding hydrogens is 270 g/mol. The van der Waals surface area contributed by atoms with Gasteiger partial charge < -0.3 is 10.2 Å². The van der Waals surface area contributed by atoms with Crippen LogP contribution in [-0.2, 0) is 9.59 Å². The molecule has 1 atom stereocenters. The zero-order valence-corrected chi connectivity index (χ0v) is 12.3. The monoisotopic (exact) mass is 289 g/mol. The van der Waals surface area contributed by atoms with E-state index in [1.807, 2.05) is 26.8 Å². The smallest absolute Gasteiger partial charge is 0.324 e. The van der Waals surface area contributed by atoms with Gasteiger partial charge in [-0.3, -0.25) is 14.9 Å². The molecule has 1 aliphatic rings. The van der Waals surface area contributed by atoms with Crippen LogP contribution in [-0.4, -0.2) is 34.8 Å². The molecule has 2 rings (SSSR count). The highest BCUT2D eigenvalue weighted by molar-refractivity contribution is 6.12. The number of benzene rings is 1. The van der Waals surface area contributed by atoms with Gasteiger partial charge in [0.25, 0.3) is 0 Å². The van der Waals surface area contributed by atoms with Crippen molar-refractivity contribution in [3.63, 3.8) is 0 Å². The van der Waals surface area contributed by atoms with Crippen molar-refractivity contribution >= 4 is 23.5 Å². The maximum Gasteiger partial charge on any atom is 0.324 e. The minimum absolute atomic E-state index is 0.0762. The van der Waals surface area contributed by atoms with Crippen molar-refractivity contribution in [2.24, 2.45) is 5.92 Å². The number of rotatable bonds is 2. The number of anilines is 1. The molecule has 6 nitrogen and oxygen atoms in total. The fourth-order valence-corrected chi connectivity index (χ4v) is 2.14. The minimum Gasteiger partial charge on any atom is -0.325 e. The van der Waals surface area contributed by atoms with Gasteiger partial charge in [0, 0.05) is 17.8 Å². The summed E-state index contributed by atoms with van der Waals surface area (Å²) in [5, 5.41) is 4.93. The predicted octanol–water partition coefficient (Wildman–Crippen LogP) is 1.59. The Morgan fingerprint density at radius 2 is 1.86 bits per heavy atom. The van der Waals surface area contributed by atoms with E-state index in [0.717, 1.165) is 0 Å². The number of nitrogens with zero attached hydrogens (tertiary/aromatic N) is 1. The lowest BCUT2D eigenvalue weighted by Crippen LogP contribution is -2.62. The summed E-state index contributed by atoms with van der Waals surface area (Å²) in [4.78, 5) is 37.5. The van der Waals surface area contributed by atoms with Gasteiger partial charge in [0.15, 0.2) is 0 Å². The van der Waals surface area contributed by atoms with Crippen molar-refractivity contribution in [3.8, 4) is 0 Å². The highest BCUT2D eigenvalue weighted by Crippen LogP contribution is 2.20. The van der Waals surface area contributed by atoms with Crippen LogP contribution in [0.5, 0.6) is 0 Å². The first kappa shape index (κ1) is 15.0. The number of urea groups is 1. The van der Waals surface area contributed by atoms with Crippen LogP contribution in [0.15, 0.2) is 30.3 Å². The first-order valence-corrected chi connectivity index (χ1v) is 6.77. The quantitative estimate of drug-likeness (QED) is 0.812. The highest BCUT2D eigenvalue weighted by Gasteiger charge is 2.40. The van der Waals surface area contributed by atoms with Gasteiger partial charge in [-0.1, -0.05) is 18.2 Å². The number of hydrogen-bond donors (Lipinski definition) is 2. The summed E-state index contributed by atoms with van der Waals surface area (Å²) in [5.74, 6) is -1.89. The van der Waals surface area contributed by atoms with Crippen molar-refractivity contribution in [2.45, 2.75) is 26.3 Å².